The van der Waals surface area contributed by atoms with Crippen molar-refractivity contribution in [3.63, 3.8) is 0 Å². The molecule has 5 rings (SSSR count). The van der Waals surface area contributed by atoms with Crippen LogP contribution in [0.5, 0.6) is 0 Å². The number of cyclic esters (lactones) is 1. The number of rotatable bonds is 1. The van der Waals surface area contributed by atoms with Crippen LogP contribution in [0.1, 0.15) is 92.4 Å². The largest absolute Gasteiger partial charge is 0.450 e. The highest BCUT2D eigenvalue weighted by Crippen LogP contribution is 2.53. The summed E-state index contributed by atoms with van der Waals surface area (Å²) >= 11 is 0. The lowest BCUT2D eigenvalue weighted by Gasteiger charge is -2.48. The summed E-state index contributed by atoms with van der Waals surface area (Å²) in [7, 11) is 0. The molecule has 2 bridgehead atoms. The fourth-order valence-corrected chi connectivity index (χ4v) is 7.70. The number of carbonyl (C=O) groups excluding carboxylic acids is 1. The van der Waals surface area contributed by atoms with Gasteiger partial charge in [0, 0.05) is 29.2 Å². The van der Waals surface area contributed by atoms with Crippen molar-refractivity contribution in [3.8, 4) is 0 Å². The van der Waals surface area contributed by atoms with Crippen LogP contribution in [0.2, 0.25) is 0 Å². The van der Waals surface area contributed by atoms with Crippen molar-refractivity contribution in [1.82, 2.24) is 0 Å². The zero-order chi connectivity index (χ0) is 26.3. The van der Waals surface area contributed by atoms with E-state index in [0.29, 0.717) is 17.9 Å². The predicted octanol–water partition coefficient (Wildman–Crippen LogP) is 6.43. The monoisotopic (exact) mass is 507 g/mol. The van der Waals surface area contributed by atoms with Gasteiger partial charge in [-0.05, 0) is 114 Å². The van der Waals surface area contributed by atoms with E-state index in [4.69, 9.17) is 14.5 Å². The van der Waals surface area contributed by atoms with Crippen LogP contribution in [0.25, 0.3) is 0 Å². The second kappa shape index (κ2) is 10.6. The first-order chi connectivity index (χ1) is 17.7. The molecule has 7 atom stereocenters. The molecule has 5 heteroatoms. The molecule has 202 valence electrons. The lowest BCUT2D eigenvalue weighted by Crippen LogP contribution is -2.44. The number of esters is 1. The Morgan fingerprint density at radius 1 is 1.05 bits per heavy atom. The van der Waals surface area contributed by atoms with E-state index in [-0.39, 0.29) is 35.6 Å². The van der Waals surface area contributed by atoms with Gasteiger partial charge in [-0.1, -0.05) is 24.6 Å². The number of aliphatic hydroxyl groups is 1. The van der Waals surface area contributed by atoms with Crippen LogP contribution in [0.3, 0.4) is 0 Å². The van der Waals surface area contributed by atoms with Gasteiger partial charge in [0.2, 0.25) is 0 Å². The Labute approximate surface area is 222 Å². The second-order valence-electron chi connectivity index (χ2n) is 12.3. The van der Waals surface area contributed by atoms with E-state index in [0.717, 1.165) is 63.5 Å². The van der Waals surface area contributed by atoms with Gasteiger partial charge in [0.1, 0.15) is 6.10 Å². The van der Waals surface area contributed by atoms with Crippen LogP contribution in [-0.2, 0) is 14.3 Å². The Kier molecular flexibility index (Phi) is 7.66. The minimum Gasteiger partial charge on any atom is -0.450 e. The van der Waals surface area contributed by atoms with Crippen LogP contribution in [0.15, 0.2) is 51.1 Å². The molecular formula is C32H45NO4. The van der Waals surface area contributed by atoms with Gasteiger partial charge in [0.05, 0.1) is 18.3 Å². The van der Waals surface area contributed by atoms with Gasteiger partial charge in [-0.2, -0.15) is 0 Å². The molecule has 0 amide bonds. The zero-order valence-electron chi connectivity index (χ0n) is 23.4. The molecule has 1 aliphatic carbocycles. The van der Waals surface area contributed by atoms with Gasteiger partial charge in [-0.3, -0.25) is 4.99 Å². The number of aliphatic hydroxyl groups excluding tert-OH is 1. The van der Waals surface area contributed by atoms with E-state index < -0.39 is 6.10 Å². The minimum atomic E-state index is -0.481. The normalized spacial score (nSPS) is 39.4. The average Bonchev–Trinajstić information content (AvgIpc) is 3.41. The molecule has 0 aromatic carbocycles. The van der Waals surface area contributed by atoms with Crippen molar-refractivity contribution < 1.29 is 19.4 Å². The Bertz CT molecular complexity index is 1080. The van der Waals surface area contributed by atoms with Gasteiger partial charge in [-0.15, -0.1) is 0 Å². The first-order valence-electron chi connectivity index (χ1n) is 14.5. The molecule has 5 nitrogen and oxygen atoms in total. The maximum atomic E-state index is 12.2. The molecule has 1 fully saturated rings. The van der Waals surface area contributed by atoms with E-state index in [9.17, 15) is 9.90 Å². The molecular weight excluding hydrogens is 462 g/mol. The van der Waals surface area contributed by atoms with Crippen molar-refractivity contribution in [3.05, 3.63) is 46.1 Å². The molecule has 0 aromatic heterocycles. The van der Waals surface area contributed by atoms with Crippen molar-refractivity contribution in [2.45, 2.75) is 117 Å². The van der Waals surface area contributed by atoms with Crippen LogP contribution in [0, 0.1) is 17.3 Å². The maximum Gasteiger partial charge on any atom is 0.334 e. The number of hydrogen-bond acceptors (Lipinski definition) is 5. The zero-order valence-corrected chi connectivity index (χ0v) is 23.4. The number of allylic oxidation sites excluding steroid dienone is 3. The second-order valence-corrected chi connectivity index (χ2v) is 12.3. The molecule has 1 saturated heterocycles. The Morgan fingerprint density at radius 2 is 1.86 bits per heavy atom. The number of carbonyl (C=O) groups is 1. The third-order valence-electron chi connectivity index (χ3n) is 9.87. The van der Waals surface area contributed by atoms with Crippen molar-refractivity contribution >= 4 is 11.7 Å². The smallest absolute Gasteiger partial charge is 0.334 e. The van der Waals surface area contributed by atoms with E-state index >= 15 is 0 Å². The third kappa shape index (κ3) is 5.06. The van der Waals surface area contributed by atoms with Gasteiger partial charge in [0.15, 0.2) is 0 Å². The molecule has 0 saturated carbocycles. The predicted molar refractivity (Wildman–Crippen MR) is 147 cm³/mol. The highest BCUT2D eigenvalue weighted by Gasteiger charge is 2.48. The van der Waals surface area contributed by atoms with Crippen LogP contribution < -0.4 is 0 Å². The molecule has 37 heavy (non-hydrogen) atoms. The van der Waals surface area contributed by atoms with Gasteiger partial charge in [-0.25, -0.2) is 4.79 Å². The molecule has 4 heterocycles. The summed E-state index contributed by atoms with van der Waals surface area (Å²) < 4.78 is 12.2. The first kappa shape index (κ1) is 26.6. The highest BCUT2D eigenvalue weighted by molar-refractivity contribution is 5.93. The number of hydrogen-bond donors (Lipinski definition) is 1. The molecule has 0 aromatic rings. The number of fused-ring (bicyclic) bond motifs is 2. The molecule has 0 radical (unpaired) electrons. The summed E-state index contributed by atoms with van der Waals surface area (Å²) in [6.07, 6.45) is 15.1. The van der Waals surface area contributed by atoms with Crippen LogP contribution >= 0.6 is 0 Å². The molecule has 0 unspecified atom stereocenters. The standard InChI is InChI=1S/C32H45NO4/c1-19-8-6-9-29-32(13-7-15-33-29)14-12-25(28-18-22(4)31(35)37-28)23(5)26(32)17-20(2)27(34)11-10-24-16-21(3)30(19)36-24/h8,17-18,21,24,26-28,30,34H,6-7,9-16H2,1-5H3/t21-,24-,26+,27+,28+,30+,32+/m1/s1. The summed E-state index contributed by atoms with van der Waals surface area (Å²) in [5, 5.41) is 11.2. The summed E-state index contributed by atoms with van der Waals surface area (Å²) in [4.78, 5) is 17.4. The summed E-state index contributed by atoms with van der Waals surface area (Å²) in [5.74, 6) is 0.459. The summed E-state index contributed by atoms with van der Waals surface area (Å²) in [6, 6.07) is 0. The van der Waals surface area contributed by atoms with Gasteiger partial charge in [0.25, 0.3) is 0 Å². The summed E-state index contributed by atoms with van der Waals surface area (Å²) in [6.45, 7) is 11.6. The van der Waals surface area contributed by atoms with Crippen LogP contribution in [-0.4, -0.2) is 47.7 Å². The lowest BCUT2D eigenvalue weighted by molar-refractivity contribution is -0.138. The Morgan fingerprint density at radius 3 is 2.62 bits per heavy atom. The SMILES string of the molecule is CC1=C[C@@H](C2=C(C)[C@@H]3C=C(C)[C@@H](O)CC[C@@H]4C[C@@H](C)[C@@H](O4)C(C)=CCCC4=NCCC[C@@]43CC2)OC1=O. The first-order valence-corrected chi connectivity index (χ1v) is 14.5. The van der Waals surface area contributed by atoms with E-state index in [1.807, 2.05) is 13.0 Å². The number of ether oxygens (including phenoxy) is 2. The van der Waals surface area contributed by atoms with E-state index in [1.54, 1.807) is 0 Å². The highest BCUT2D eigenvalue weighted by atomic mass is 16.5. The Balaban J connectivity index is 1.55. The third-order valence-corrected chi connectivity index (χ3v) is 9.87. The molecule has 1 N–H and O–H groups in total. The molecule has 5 aliphatic rings. The fraction of sp³-hybridized carbons (Fsp3) is 0.688. The number of nitrogens with zero attached hydrogens (tertiary/aromatic N) is 1. The molecule has 1 spiro atoms. The average molecular weight is 508 g/mol. The Hall–Kier alpha value is -1.98. The number of aliphatic imine (C=N–C) groups is 1. The van der Waals surface area contributed by atoms with E-state index in [2.05, 4.69) is 39.8 Å². The lowest BCUT2D eigenvalue weighted by atomic mass is 9.57. The van der Waals surface area contributed by atoms with Crippen molar-refractivity contribution in [2.24, 2.45) is 22.2 Å². The van der Waals surface area contributed by atoms with Gasteiger partial charge >= 0.3 is 5.97 Å². The maximum absolute atomic E-state index is 12.2. The quantitative estimate of drug-likeness (QED) is 0.328. The minimum absolute atomic E-state index is 0.0289. The van der Waals surface area contributed by atoms with Crippen molar-refractivity contribution in [2.75, 3.05) is 6.54 Å². The van der Waals surface area contributed by atoms with Gasteiger partial charge < -0.3 is 14.6 Å². The summed E-state index contributed by atoms with van der Waals surface area (Å²) in [5.41, 5.74) is 6.92. The van der Waals surface area contributed by atoms with Crippen LogP contribution in [0.4, 0.5) is 0 Å². The van der Waals surface area contributed by atoms with Crippen molar-refractivity contribution in [1.29, 1.82) is 0 Å². The van der Waals surface area contributed by atoms with E-state index in [1.165, 1.54) is 22.4 Å². The molecule has 4 aliphatic heterocycles. The topological polar surface area (TPSA) is 68.1 Å². The fourth-order valence-electron chi connectivity index (χ4n) is 7.70.